The second-order valence-corrected chi connectivity index (χ2v) is 10.0. The van der Waals surface area contributed by atoms with Gasteiger partial charge in [-0.2, -0.15) is 0 Å². The van der Waals surface area contributed by atoms with Crippen molar-refractivity contribution in [3.05, 3.63) is 23.4 Å². The number of ketones is 1. The first-order valence-electron chi connectivity index (χ1n) is 10.2. The number of nitrogens with zero attached hydrogens (tertiary/aromatic N) is 1. The second-order valence-electron chi connectivity index (χ2n) is 8.06. The van der Waals surface area contributed by atoms with Gasteiger partial charge in [-0.25, -0.2) is 13.4 Å². The van der Waals surface area contributed by atoms with Gasteiger partial charge < -0.3 is 5.32 Å². The van der Waals surface area contributed by atoms with Crippen molar-refractivity contribution >= 4 is 21.5 Å². The molecule has 1 aromatic heterocycles. The lowest BCUT2D eigenvalue weighted by Crippen LogP contribution is -2.53. The largest absolute Gasteiger partial charge is 0.338 e. The van der Waals surface area contributed by atoms with Crippen molar-refractivity contribution < 1.29 is 18.0 Å². The zero-order valence-electron chi connectivity index (χ0n) is 17.5. The number of aromatic nitrogens is 1. The molecule has 7 heteroatoms. The molecule has 0 radical (unpaired) electrons. The predicted molar refractivity (Wildman–Crippen MR) is 109 cm³/mol. The van der Waals surface area contributed by atoms with Gasteiger partial charge in [0.05, 0.1) is 11.3 Å². The first kappa shape index (κ1) is 22.5. The Hall–Kier alpha value is -1.76. The number of carbonyl (C=O) groups excluding carboxylic acids is 2. The highest BCUT2D eigenvalue weighted by atomic mass is 32.2. The van der Waals surface area contributed by atoms with Crippen LogP contribution in [-0.4, -0.2) is 36.4 Å². The topological polar surface area (TPSA) is 93.2 Å². The number of amides is 1. The molecule has 0 unspecified atom stereocenters. The normalized spacial score (nSPS) is 14.9. The summed E-state index contributed by atoms with van der Waals surface area (Å²) in [5.74, 6) is -0.380. The molecule has 1 aliphatic rings. The van der Waals surface area contributed by atoms with E-state index in [1.807, 2.05) is 27.7 Å². The van der Waals surface area contributed by atoms with Gasteiger partial charge in [0.1, 0.15) is 5.69 Å². The number of pyridine rings is 1. The van der Waals surface area contributed by atoms with Gasteiger partial charge >= 0.3 is 0 Å². The Kier molecular flexibility index (Phi) is 7.02. The Morgan fingerprint density at radius 3 is 2.25 bits per heavy atom. The van der Waals surface area contributed by atoms with Gasteiger partial charge in [-0.15, -0.1) is 0 Å². The van der Waals surface area contributed by atoms with Crippen molar-refractivity contribution in [2.45, 2.75) is 83.2 Å². The summed E-state index contributed by atoms with van der Waals surface area (Å²) in [5.41, 5.74) is -0.194. The molecular formula is C21H32N2O4S. The molecule has 0 atom stereocenters. The van der Waals surface area contributed by atoms with Crippen LogP contribution in [0.3, 0.4) is 0 Å². The Morgan fingerprint density at radius 1 is 1.18 bits per heavy atom. The summed E-state index contributed by atoms with van der Waals surface area (Å²) in [5, 5.41) is 2.86. The Morgan fingerprint density at radius 2 is 1.79 bits per heavy atom. The predicted octanol–water partition coefficient (Wildman–Crippen LogP) is 3.66. The Labute approximate surface area is 168 Å². The number of nitrogens with one attached hydrogen (secondary N) is 1. The quantitative estimate of drug-likeness (QED) is 0.638. The molecule has 28 heavy (non-hydrogen) atoms. The maximum atomic E-state index is 12.9. The number of carbonyl (C=O) groups is 2. The molecule has 1 amide bonds. The van der Waals surface area contributed by atoms with Gasteiger partial charge in [-0.05, 0) is 49.1 Å². The first-order valence-corrected chi connectivity index (χ1v) is 11.8. The van der Waals surface area contributed by atoms with E-state index in [-0.39, 0.29) is 34.1 Å². The average molecular weight is 409 g/mol. The van der Waals surface area contributed by atoms with E-state index in [1.165, 1.54) is 0 Å². The third-order valence-corrected chi connectivity index (χ3v) is 7.42. The van der Waals surface area contributed by atoms with Crippen molar-refractivity contribution in [1.29, 1.82) is 0 Å². The van der Waals surface area contributed by atoms with E-state index >= 15 is 0 Å². The highest BCUT2D eigenvalue weighted by molar-refractivity contribution is 7.91. The van der Waals surface area contributed by atoms with Gasteiger partial charge in [-0.1, -0.05) is 40.7 Å². The van der Waals surface area contributed by atoms with Crippen LogP contribution < -0.4 is 5.32 Å². The van der Waals surface area contributed by atoms with Gasteiger partial charge in [0, 0.05) is 6.42 Å². The Balaban J connectivity index is 2.42. The van der Waals surface area contributed by atoms with E-state index in [0.29, 0.717) is 24.8 Å². The summed E-state index contributed by atoms with van der Waals surface area (Å²) >= 11 is 0. The van der Waals surface area contributed by atoms with Crippen molar-refractivity contribution in [2.75, 3.05) is 5.75 Å². The van der Waals surface area contributed by atoms with Crippen LogP contribution in [-0.2, 0) is 14.6 Å². The fourth-order valence-corrected chi connectivity index (χ4v) is 5.43. The minimum Gasteiger partial charge on any atom is -0.338 e. The first-order chi connectivity index (χ1) is 13.1. The van der Waals surface area contributed by atoms with E-state index in [2.05, 4.69) is 10.3 Å². The molecule has 2 rings (SSSR count). The van der Waals surface area contributed by atoms with Crippen LogP contribution in [0.4, 0.5) is 0 Å². The summed E-state index contributed by atoms with van der Waals surface area (Å²) in [7, 11) is -3.59. The third-order valence-electron chi connectivity index (χ3n) is 5.40. The smallest absolute Gasteiger partial charge is 0.270 e. The van der Waals surface area contributed by atoms with Crippen LogP contribution in [0.5, 0.6) is 0 Å². The van der Waals surface area contributed by atoms with Crippen LogP contribution >= 0.6 is 0 Å². The SMILES string of the molecule is CCC(=O)C(CC)(CC)NC(=O)c1ccc(C2CC2)c(S(=O)(=O)CC(C)C)n1. The van der Waals surface area contributed by atoms with Crippen LogP contribution in [0, 0.1) is 5.92 Å². The maximum Gasteiger partial charge on any atom is 0.270 e. The lowest BCUT2D eigenvalue weighted by molar-refractivity contribution is -0.125. The van der Waals surface area contributed by atoms with Gasteiger partial charge in [-0.3, -0.25) is 9.59 Å². The molecule has 0 saturated heterocycles. The summed E-state index contributed by atoms with van der Waals surface area (Å²) in [6, 6.07) is 3.29. The third kappa shape index (κ3) is 4.80. The summed E-state index contributed by atoms with van der Waals surface area (Å²) in [6.07, 6.45) is 3.15. The summed E-state index contributed by atoms with van der Waals surface area (Å²) in [4.78, 5) is 29.6. The lowest BCUT2D eigenvalue weighted by atomic mass is 9.86. The number of rotatable bonds is 10. The zero-order valence-corrected chi connectivity index (χ0v) is 18.4. The molecule has 0 spiro atoms. The van der Waals surface area contributed by atoms with E-state index in [4.69, 9.17) is 0 Å². The van der Waals surface area contributed by atoms with Crippen LogP contribution in [0.25, 0.3) is 0 Å². The highest BCUT2D eigenvalue weighted by Gasteiger charge is 2.37. The molecule has 1 N–H and O–H groups in total. The number of sulfone groups is 1. The van der Waals surface area contributed by atoms with E-state index in [9.17, 15) is 18.0 Å². The minimum atomic E-state index is -3.59. The molecule has 0 bridgehead atoms. The van der Waals surface area contributed by atoms with Gasteiger partial charge in [0.15, 0.2) is 20.6 Å². The molecule has 1 heterocycles. The standard InChI is InChI=1S/C21H32N2O4S/c1-6-18(24)21(7-2,8-3)23-19(25)17-12-11-16(15-9-10-15)20(22-17)28(26,27)13-14(4)5/h11-12,14-15H,6-10,13H2,1-5H3,(H,23,25). The van der Waals surface area contributed by atoms with E-state index in [0.717, 1.165) is 12.8 Å². The number of hydrogen-bond donors (Lipinski definition) is 1. The van der Waals surface area contributed by atoms with Crippen molar-refractivity contribution in [1.82, 2.24) is 10.3 Å². The Bertz CT molecular complexity index is 838. The van der Waals surface area contributed by atoms with E-state index in [1.54, 1.807) is 19.1 Å². The minimum absolute atomic E-state index is 0.00697. The number of Topliss-reactive ketones (excluding diaryl/α,β-unsaturated/α-hetero) is 1. The fourth-order valence-electron chi connectivity index (χ4n) is 3.56. The molecule has 1 aromatic rings. The zero-order chi connectivity index (χ0) is 21.1. The molecule has 6 nitrogen and oxygen atoms in total. The molecule has 0 aromatic carbocycles. The van der Waals surface area contributed by atoms with Crippen LogP contribution in [0.15, 0.2) is 17.2 Å². The number of hydrogen-bond acceptors (Lipinski definition) is 5. The van der Waals surface area contributed by atoms with Crippen molar-refractivity contribution in [3.8, 4) is 0 Å². The highest BCUT2D eigenvalue weighted by Crippen LogP contribution is 2.42. The van der Waals surface area contributed by atoms with Gasteiger partial charge in [0.2, 0.25) is 0 Å². The molecule has 1 aliphatic carbocycles. The molecule has 156 valence electrons. The lowest BCUT2D eigenvalue weighted by Gasteiger charge is -2.31. The van der Waals surface area contributed by atoms with Crippen LogP contribution in [0.1, 0.15) is 88.7 Å². The maximum absolute atomic E-state index is 12.9. The van der Waals surface area contributed by atoms with E-state index < -0.39 is 21.3 Å². The summed E-state index contributed by atoms with van der Waals surface area (Å²) < 4.78 is 25.7. The monoisotopic (exact) mass is 408 g/mol. The molecule has 1 fully saturated rings. The second kappa shape index (κ2) is 8.72. The average Bonchev–Trinajstić information content (AvgIpc) is 3.49. The summed E-state index contributed by atoms with van der Waals surface area (Å²) in [6.45, 7) is 9.18. The van der Waals surface area contributed by atoms with Crippen molar-refractivity contribution in [2.24, 2.45) is 5.92 Å². The van der Waals surface area contributed by atoms with Crippen molar-refractivity contribution in [3.63, 3.8) is 0 Å². The molecular weight excluding hydrogens is 376 g/mol. The fraction of sp³-hybridized carbons (Fsp3) is 0.667. The van der Waals surface area contributed by atoms with Crippen LogP contribution in [0.2, 0.25) is 0 Å². The molecule has 1 saturated carbocycles. The molecule has 0 aliphatic heterocycles. The van der Waals surface area contributed by atoms with Gasteiger partial charge in [0.25, 0.3) is 5.91 Å².